The van der Waals surface area contributed by atoms with Gasteiger partial charge < -0.3 is 5.11 Å². The summed E-state index contributed by atoms with van der Waals surface area (Å²) in [6, 6.07) is 0.742. The van der Waals surface area contributed by atoms with E-state index in [2.05, 4.69) is 0 Å². The first-order chi connectivity index (χ1) is 8.94. The molecule has 112 valence electrons. The normalized spacial score (nSPS) is 12.4. The highest BCUT2D eigenvalue weighted by atomic mass is 35.5. The molecule has 20 heavy (non-hydrogen) atoms. The molecule has 5 nitrogen and oxygen atoms in total. The summed E-state index contributed by atoms with van der Waals surface area (Å²) < 4.78 is 73.4. The smallest absolute Gasteiger partial charge is 0.402 e. The lowest BCUT2D eigenvalue weighted by Gasteiger charge is -2.11. The van der Waals surface area contributed by atoms with E-state index in [1.807, 2.05) is 0 Å². The molecule has 1 aromatic rings. The molecule has 0 heterocycles. The third-order valence-electron chi connectivity index (χ3n) is 2.00. The first-order valence-corrected chi connectivity index (χ1v) is 6.59. The largest absolute Gasteiger partial charge is 0.478 e. The van der Waals surface area contributed by atoms with Crippen molar-refractivity contribution in [2.45, 2.75) is 11.1 Å². The Bertz CT molecular complexity index is 644. The number of aromatic carboxylic acids is 1. The highest BCUT2D eigenvalue weighted by Gasteiger charge is 2.31. The second kappa shape index (κ2) is 5.54. The fraction of sp³-hybridized carbons (Fsp3) is 0.222. The Kier molecular flexibility index (Phi) is 4.62. The SMILES string of the molecule is O=C(O)c1cc(S(=O)(=O)NCC(F)(F)F)c(F)cc1Cl. The summed E-state index contributed by atoms with van der Waals surface area (Å²) in [5.41, 5.74) is -0.750. The number of sulfonamides is 1. The van der Waals surface area contributed by atoms with E-state index in [0.29, 0.717) is 12.1 Å². The number of alkyl halides is 3. The number of rotatable bonds is 4. The van der Waals surface area contributed by atoms with Crippen LogP contribution >= 0.6 is 11.6 Å². The Morgan fingerprint density at radius 3 is 2.35 bits per heavy atom. The molecule has 0 spiro atoms. The summed E-state index contributed by atoms with van der Waals surface area (Å²) in [7, 11) is -4.86. The van der Waals surface area contributed by atoms with Gasteiger partial charge in [0.15, 0.2) is 0 Å². The van der Waals surface area contributed by atoms with Gasteiger partial charge in [0.05, 0.1) is 10.6 Å². The fourth-order valence-corrected chi connectivity index (χ4v) is 2.48. The number of hydrogen-bond donors (Lipinski definition) is 2. The number of benzene rings is 1. The van der Waals surface area contributed by atoms with Crippen molar-refractivity contribution in [1.82, 2.24) is 4.72 Å². The van der Waals surface area contributed by atoms with Gasteiger partial charge in [-0.25, -0.2) is 22.3 Å². The van der Waals surface area contributed by atoms with Gasteiger partial charge in [0, 0.05) is 0 Å². The summed E-state index contributed by atoms with van der Waals surface area (Å²) in [6.45, 7) is -1.92. The number of carboxylic acid groups (broad SMARTS) is 1. The fourth-order valence-electron chi connectivity index (χ4n) is 1.15. The first-order valence-electron chi connectivity index (χ1n) is 4.73. The average molecular weight is 336 g/mol. The van der Waals surface area contributed by atoms with Crippen LogP contribution in [0.5, 0.6) is 0 Å². The lowest BCUT2D eigenvalue weighted by atomic mass is 10.2. The van der Waals surface area contributed by atoms with E-state index >= 15 is 0 Å². The maximum Gasteiger partial charge on any atom is 0.402 e. The van der Waals surface area contributed by atoms with Crippen molar-refractivity contribution in [2.24, 2.45) is 0 Å². The van der Waals surface area contributed by atoms with E-state index in [-0.39, 0.29) is 0 Å². The van der Waals surface area contributed by atoms with Gasteiger partial charge in [0.1, 0.15) is 17.3 Å². The molecule has 0 fully saturated rings. The van der Waals surface area contributed by atoms with Crippen molar-refractivity contribution in [3.05, 3.63) is 28.5 Å². The minimum atomic E-state index is -4.86. The van der Waals surface area contributed by atoms with Crippen molar-refractivity contribution in [3.63, 3.8) is 0 Å². The van der Waals surface area contributed by atoms with Gasteiger partial charge in [-0.3, -0.25) is 0 Å². The van der Waals surface area contributed by atoms with E-state index < -0.39 is 50.0 Å². The van der Waals surface area contributed by atoms with Crippen LogP contribution in [0, 0.1) is 5.82 Å². The number of halogens is 5. The standard InChI is InChI=1S/C9H6ClF4NO4S/c10-5-2-6(11)7(1-4(5)8(16)17)20(18,19)15-3-9(12,13)14/h1-2,15H,3H2,(H,16,17). The minimum Gasteiger partial charge on any atom is -0.478 e. The molecule has 0 aromatic heterocycles. The molecule has 0 aliphatic heterocycles. The first kappa shape index (κ1) is 16.7. The van der Waals surface area contributed by atoms with Gasteiger partial charge in [-0.15, -0.1) is 0 Å². The number of nitrogens with one attached hydrogen (secondary N) is 1. The molecule has 0 radical (unpaired) electrons. The van der Waals surface area contributed by atoms with Crippen molar-refractivity contribution in [1.29, 1.82) is 0 Å². The maximum atomic E-state index is 13.4. The highest BCUT2D eigenvalue weighted by Crippen LogP contribution is 2.24. The zero-order valence-corrected chi connectivity index (χ0v) is 10.9. The molecule has 0 atom stereocenters. The summed E-state index contributed by atoms with van der Waals surface area (Å²) in [4.78, 5) is 9.49. The summed E-state index contributed by atoms with van der Waals surface area (Å²) in [6.07, 6.45) is -4.84. The Morgan fingerprint density at radius 2 is 1.90 bits per heavy atom. The maximum absolute atomic E-state index is 13.4. The van der Waals surface area contributed by atoms with Gasteiger partial charge in [-0.1, -0.05) is 11.6 Å². The molecule has 0 bridgehead atoms. The summed E-state index contributed by atoms with van der Waals surface area (Å²) in [5.74, 6) is -3.11. The van der Waals surface area contributed by atoms with Crippen LogP contribution in [0.2, 0.25) is 5.02 Å². The van der Waals surface area contributed by atoms with Crippen LogP contribution in [0.15, 0.2) is 17.0 Å². The highest BCUT2D eigenvalue weighted by molar-refractivity contribution is 7.89. The number of hydrogen-bond acceptors (Lipinski definition) is 3. The van der Waals surface area contributed by atoms with Crippen LogP contribution in [0.3, 0.4) is 0 Å². The zero-order valence-electron chi connectivity index (χ0n) is 9.33. The van der Waals surface area contributed by atoms with Gasteiger partial charge in [0.2, 0.25) is 10.0 Å². The van der Waals surface area contributed by atoms with Crippen LogP contribution < -0.4 is 4.72 Å². The van der Waals surface area contributed by atoms with Crippen LogP contribution in [-0.2, 0) is 10.0 Å². The van der Waals surface area contributed by atoms with E-state index in [0.717, 1.165) is 4.72 Å². The quantitative estimate of drug-likeness (QED) is 0.825. The molecule has 0 unspecified atom stereocenters. The van der Waals surface area contributed by atoms with Crippen molar-refractivity contribution in [3.8, 4) is 0 Å². The predicted molar refractivity (Wildman–Crippen MR) is 59.6 cm³/mol. The van der Waals surface area contributed by atoms with Gasteiger partial charge in [-0.2, -0.15) is 13.2 Å². The molecule has 0 saturated heterocycles. The molecular formula is C9H6ClF4NO4S. The summed E-state index contributed by atoms with van der Waals surface area (Å²) >= 11 is 5.38. The van der Waals surface area contributed by atoms with Gasteiger partial charge in [0.25, 0.3) is 0 Å². The monoisotopic (exact) mass is 335 g/mol. The Labute approximate surface area is 115 Å². The lowest BCUT2D eigenvalue weighted by molar-refractivity contribution is -0.121. The van der Waals surface area contributed by atoms with Crippen LogP contribution in [0.4, 0.5) is 17.6 Å². The van der Waals surface area contributed by atoms with Crippen LogP contribution in [-0.4, -0.2) is 32.2 Å². The molecule has 0 amide bonds. The molecular weight excluding hydrogens is 330 g/mol. The Morgan fingerprint density at radius 1 is 1.35 bits per heavy atom. The molecule has 11 heteroatoms. The molecule has 1 aromatic carbocycles. The van der Waals surface area contributed by atoms with E-state index in [9.17, 15) is 30.8 Å². The average Bonchev–Trinajstić information content (AvgIpc) is 2.24. The Balaban J connectivity index is 3.25. The van der Waals surface area contributed by atoms with Crippen LogP contribution in [0.25, 0.3) is 0 Å². The lowest BCUT2D eigenvalue weighted by Crippen LogP contribution is -2.34. The van der Waals surface area contributed by atoms with Crippen molar-refractivity contribution < 1.29 is 35.9 Å². The van der Waals surface area contributed by atoms with E-state index in [4.69, 9.17) is 16.7 Å². The third-order valence-corrected chi connectivity index (χ3v) is 3.73. The number of carbonyl (C=O) groups is 1. The van der Waals surface area contributed by atoms with Gasteiger partial charge >= 0.3 is 12.1 Å². The second-order valence-electron chi connectivity index (χ2n) is 3.51. The molecule has 0 saturated carbocycles. The third kappa shape index (κ3) is 4.05. The van der Waals surface area contributed by atoms with Crippen LogP contribution in [0.1, 0.15) is 10.4 Å². The number of carboxylic acids is 1. The second-order valence-corrected chi connectivity index (χ2v) is 5.65. The van der Waals surface area contributed by atoms with E-state index in [1.165, 1.54) is 0 Å². The topological polar surface area (TPSA) is 83.5 Å². The predicted octanol–water partition coefficient (Wildman–Crippen LogP) is 2.02. The van der Waals surface area contributed by atoms with E-state index in [1.54, 1.807) is 0 Å². The zero-order chi connectivity index (χ0) is 15.7. The van der Waals surface area contributed by atoms with Crippen molar-refractivity contribution >= 4 is 27.6 Å². The molecule has 1 rings (SSSR count). The summed E-state index contributed by atoms with van der Waals surface area (Å²) in [5, 5.41) is 8.12. The molecule has 2 N–H and O–H groups in total. The minimum absolute atomic E-state index is 0.346. The molecule has 0 aliphatic rings. The molecule has 0 aliphatic carbocycles. The van der Waals surface area contributed by atoms with Gasteiger partial charge in [-0.05, 0) is 12.1 Å². The Hall–Kier alpha value is -1.39. The van der Waals surface area contributed by atoms with Crippen molar-refractivity contribution in [2.75, 3.05) is 6.54 Å².